The van der Waals surface area contributed by atoms with Crippen LogP contribution in [-0.4, -0.2) is 96.6 Å². The Kier molecular flexibility index (Phi) is 7.37. The van der Waals surface area contributed by atoms with Gasteiger partial charge in [-0.05, 0) is 24.3 Å². The number of morpholine rings is 1. The lowest BCUT2D eigenvalue weighted by atomic mass is 10.3. The first kappa shape index (κ1) is 23.5. The number of carbonyl (C=O) groups excluding carboxylic acids is 1. The summed E-state index contributed by atoms with van der Waals surface area (Å²) in [4.78, 5) is 36.0. The number of piperazine rings is 1. The SMILES string of the molecule is Nc1nc(N2CCN(OC(=O)Nc3ccc(OCCN4CCOCC4)cc3)CC2)c2ncsc2n1. The fraction of sp³-hybridized carbons (Fsp3) is 0.455. The second kappa shape index (κ2) is 11.0. The zero-order valence-electron chi connectivity index (χ0n) is 19.3. The fourth-order valence-corrected chi connectivity index (χ4v) is 4.64. The molecule has 186 valence electrons. The van der Waals surface area contributed by atoms with Crippen LogP contribution >= 0.6 is 11.3 Å². The predicted molar refractivity (Wildman–Crippen MR) is 133 cm³/mol. The van der Waals surface area contributed by atoms with Gasteiger partial charge in [0, 0.05) is 38.4 Å². The van der Waals surface area contributed by atoms with Gasteiger partial charge in [0.1, 0.15) is 17.9 Å². The molecule has 2 saturated heterocycles. The first-order valence-electron chi connectivity index (χ1n) is 11.5. The van der Waals surface area contributed by atoms with Crippen LogP contribution in [0.5, 0.6) is 5.75 Å². The molecule has 2 aliphatic heterocycles. The lowest BCUT2D eigenvalue weighted by molar-refractivity contribution is -0.0966. The third-order valence-electron chi connectivity index (χ3n) is 5.83. The van der Waals surface area contributed by atoms with Crippen molar-refractivity contribution in [2.45, 2.75) is 0 Å². The van der Waals surface area contributed by atoms with Crippen LogP contribution in [0.2, 0.25) is 0 Å². The highest BCUT2D eigenvalue weighted by Crippen LogP contribution is 2.27. The van der Waals surface area contributed by atoms with Crippen molar-refractivity contribution in [1.29, 1.82) is 0 Å². The average molecular weight is 501 g/mol. The molecule has 0 radical (unpaired) electrons. The number of hydrogen-bond acceptors (Lipinski definition) is 12. The Balaban J connectivity index is 1.05. The molecule has 13 heteroatoms. The van der Waals surface area contributed by atoms with Gasteiger partial charge in [0.15, 0.2) is 10.6 Å². The summed E-state index contributed by atoms with van der Waals surface area (Å²) in [5.41, 5.74) is 8.96. The van der Waals surface area contributed by atoms with E-state index in [1.807, 2.05) is 12.1 Å². The number of nitrogens with one attached hydrogen (secondary N) is 1. The smallest absolute Gasteiger partial charge is 0.430 e. The number of nitrogen functional groups attached to an aromatic ring is 1. The van der Waals surface area contributed by atoms with E-state index in [2.05, 4.69) is 30.1 Å². The van der Waals surface area contributed by atoms with Crippen LogP contribution in [0, 0.1) is 0 Å². The summed E-state index contributed by atoms with van der Waals surface area (Å²) in [6.45, 7) is 7.19. The number of amides is 1. The molecule has 35 heavy (non-hydrogen) atoms. The molecule has 3 N–H and O–H groups in total. The molecule has 0 atom stereocenters. The number of nitrogens with zero attached hydrogens (tertiary/aromatic N) is 6. The normalized spacial score (nSPS) is 17.4. The second-order valence-electron chi connectivity index (χ2n) is 8.16. The van der Waals surface area contributed by atoms with Crippen LogP contribution in [0.4, 0.5) is 22.2 Å². The van der Waals surface area contributed by atoms with Gasteiger partial charge in [0.25, 0.3) is 0 Å². The van der Waals surface area contributed by atoms with Gasteiger partial charge in [-0.2, -0.15) is 4.98 Å². The minimum Gasteiger partial charge on any atom is -0.492 e. The number of aromatic nitrogens is 3. The highest BCUT2D eigenvalue weighted by atomic mass is 32.1. The lowest BCUT2D eigenvalue weighted by Gasteiger charge is -2.33. The third kappa shape index (κ3) is 6.06. The van der Waals surface area contributed by atoms with Crippen molar-refractivity contribution in [3.05, 3.63) is 29.8 Å². The van der Waals surface area contributed by atoms with Crippen LogP contribution in [0.1, 0.15) is 0 Å². The molecule has 0 spiro atoms. The average Bonchev–Trinajstić information content (AvgIpc) is 3.34. The van der Waals surface area contributed by atoms with Crippen molar-refractivity contribution in [3.8, 4) is 5.75 Å². The minimum absolute atomic E-state index is 0.225. The quantitative estimate of drug-likeness (QED) is 0.491. The summed E-state index contributed by atoms with van der Waals surface area (Å²) in [7, 11) is 0. The number of hydroxylamine groups is 2. The Bertz CT molecular complexity index is 1130. The van der Waals surface area contributed by atoms with Crippen LogP contribution in [0.15, 0.2) is 29.8 Å². The Labute approximate surface area is 206 Å². The maximum absolute atomic E-state index is 12.4. The van der Waals surface area contributed by atoms with Crippen molar-refractivity contribution >= 4 is 45.2 Å². The minimum atomic E-state index is -0.535. The molecule has 2 aliphatic rings. The van der Waals surface area contributed by atoms with Gasteiger partial charge in [0.2, 0.25) is 5.95 Å². The zero-order chi connectivity index (χ0) is 24.0. The topological polar surface area (TPSA) is 131 Å². The summed E-state index contributed by atoms with van der Waals surface area (Å²) in [6, 6.07) is 7.25. The maximum atomic E-state index is 12.4. The Morgan fingerprint density at radius 3 is 2.63 bits per heavy atom. The second-order valence-corrected chi connectivity index (χ2v) is 8.99. The number of carbonyl (C=O) groups is 1. The summed E-state index contributed by atoms with van der Waals surface area (Å²) >= 11 is 1.43. The van der Waals surface area contributed by atoms with Gasteiger partial charge in [-0.15, -0.1) is 16.4 Å². The van der Waals surface area contributed by atoms with Gasteiger partial charge in [0.05, 0.1) is 31.8 Å². The molecule has 2 aromatic heterocycles. The van der Waals surface area contributed by atoms with E-state index >= 15 is 0 Å². The molecule has 0 bridgehead atoms. The molecule has 5 rings (SSSR count). The zero-order valence-corrected chi connectivity index (χ0v) is 20.1. The van der Waals surface area contributed by atoms with Crippen LogP contribution in [0.25, 0.3) is 10.3 Å². The summed E-state index contributed by atoms with van der Waals surface area (Å²) in [6.07, 6.45) is -0.535. The molecule has 2 fully saturated rings. The molecule has 1 aromatic carbocycles. The fourth-order valence-electron chi connectivity index (χ4n) is 3.98. The van der Waals surface area contributed by atoms with Crippen molar-refractivity contribution in [1.82, 2.24) is 24.9 Å². The van der Waals surface area contributed by atoms with Gasteiger partial charge in [-0.1, -0.05) is 0 Å². The van der Waals surface area contributed by atoms with Gasteiger partial charge >= 0.3 is 6.09 Å². The Hall–Kier alpha value is -3.26. The summed E-state index contributed by atoms with van der Waals surface area (Å²) < 4.78 is 11.2. The number of rotatable bonds is 7. The highest BCUT2D eigenvalue weighted by molar-refractivity contribution is 7.16. The summed E-state index contributed by atoms with van der Waals surface area (Å²) in [5, 5.41) is 4.39. The molecular formula is C22H28N8O4S. The van der Waals surface area contributed by atoms with E-state index in [1.54, 1.807) is 22.7 Å². The number of fused-ring (bicyclic) bond motifs is 1. The number of thiazole rings is 1. The van der Waals surface area contributed by atoms with Crippen molar-refractivity contribution in [3.63, 3.8) is 0 Å². The largest absolute Gasteiger partial charge is 0.492 e. The molecule has 0 unspecified atom stereocenters. The lowest BCUT2D eigenvalue weighted by Crippen LogP contribution is -2.47. The predicted octanol–water partition coefficient (Wildman–Crippen LogP) is 1.67. The highest BCUT2D eigenvalue weighted by Gasteiger charge is 2.24. The monoisotopic (exact) mass is 500 g/mol. The number of hydrogen-bond donors (Lipinski definition) is 2. The van der Waals surface area contributed by atoms with Gasteiger partial charge < -0.3 is 24.9 Å². The first-order chi connectivity index (χ1) is 17.1. The Morgan fingerprint density at radius 2 is 1.86 bits per heavy atom. The molecule has 1 amide bonds. The maximum Gasteiger partial charge on any atom is 0.430 e. The van der Waals surface area contributed by atoms with Crippen molar-refractivity contribution in [2.24, 2.45) is 0 Å². The number of benzene rings is 1. The van der Waals surface area contributed by atoms with E-state index in [0.29, 0.717) is 44.3 Å². The number of ether oxygens (including phenoxy) is 2. The van der Waals surface area contributed by atoms with Crippen LogP contribution in [0.3, 0.4) is 0 Å². The van der Waals surface area contributed by atoms with E-state index in [-0.39, 0.29) is 5.95 Å². The molecular weight excluding hydrogens is 472 g/mol. The van der Waals surface area contributed by atoms with E-state index in [9.17, 15) is 4.79 Å². The molecule has 0 aliphatic carbocycles. The standard InChI is InChI=1S/C22H28N8O4S/c23-21-26-19(18-20(27-21)35-15-24-18)29-5-7-30(8-6-29)34-22(31)25-16-1-3-17(4-2-16)33-14-11-28-9-12-32-13-10-28/h1-4,15H,5-14H2,(H,25,31)(H2,23,26,27). The number of anilines is 3. The molecule has 0 saturated carbocycles. The van der Waals surface area contributed by atoms with E-state index in [0.717, 1.165) is 48.9 Å². The third-order valence-corrected chi connectivity index (χ3v) is 6.55. The van der Waals surface area contributed by atoms with E-state index < -0.39 is 6.09 Å². The molecule has 4 heterocycles. The first-order valence-corrected chi connectivity index (χ1v) is 12.4. The van der Waals surface area contributed by atoms with Crippen molar-refractivity contribution < 1.29 is 19.1 Å². The number of nitrogens with two attached hydrogens (primary N) is 1. The molecule has 12 nitrogen and oxygen atoms in total. The van der Waals surface area contributed by atoms with Crippen LogP contribution < -0.4 is 20.7 Å². The van der Waals surface area contributed by atoms with Crippen LogP contribution in [-0.2, 0) is 9.57 Å². The Morgan fingerprint density at radius 1 is 1.09 bits per heavy atom. The van der Waals surface area contributed by atoms with E-state index in [1.165, 1.54) is 11.3 Å². The van der Waals surface area contributed by atoms with E-state index in [4.69, 9.17) is 20.0 Å². The molecule has 3 aromatic rings. The van der Waals surface area contributed by atoms with Gasteiger partial charge in [-0.3, -0.25) is 10.2 Å². The van der Waals surface area contributed by atoms with Gasteiger partial charge in [-0.25, -0.2) is 14.8 Å². The summed E-state index contributed by atoms with van der Waals surface area (Å²) in [5.74, 6) is 1.70. The van der Waals surface area contributed by atoms with Crippen molar-refractivity contribution in [2.75, 3.05) is 81.6 Å².